The Morgan fingerprint density at radius 3 is 2.70 bits per heavy atom. The Morgan fingerprint density at radius 1 is 1.26 bits per heavy atom. The molecule has 0 radical (unpaired) electrons. The molecule has 1 aromatic carbocycles. The van der Waals surface area contributed by atoms with Crippen LogP contribution >= 0.6 is 0 Å². The van der Waals surface area contributed by atoms with Crippen molar-refractivity contribution in [1.82, 2.24) is 4.90 Å². The first-order valence-electron chi connectivity index (χ1n) is 8.77. The van der Waals surface area contributed by atoms with Crippen molar-refractivity contribution in [2.75, 3.05) is 20.3 Å². The van der Waals surface area contributed by atoms with E-state index in [1.807, 2.05) is 4.90 Å². The molecule has 2 aliphatic carbocycles. The van der Waals surface area contributed by atoms with Crippen molar-refractivity contribution in [2.24, 2.45) is 5.92 Å². The van der Waals surface area contributed by atoms with Crippen LogP contribution in [0.15, 0.2) is 24.3 Å². The molecule has 1 saturated carbocycles. The maximum atomic E-state index is 12.9. The van der Waals surface area contributed by atoms with Crippen LogP contribution in [-0.2, 0) is 27.1 Å². The highest BCUT2D eigenvalue weighted by Gasteiger charge is 2.44. The van der Waals surface area contributed by atoms with E-state index in [-0.39, 0.29) is 24.2 Å². The van der Waals surface area contributed by atoms with E-state index in [1.165, 1.54) is 11.1 Å². The second-order valence-corrected chi connectivity index (χ2v) is 7.09. The summed E-state index contributed by atoms with van der Waals surface area (Å²) < 4.78 is 11.5. The van der Waals surface area contributed by atoms with Gasteiger partial charge in [0.15, 0.2) is 0 Å². The molecule has 4 nitrogen and oxygen atoms in total. The molecule has 1 aliphatic heterocycles. The smallest absolute Gasteiger partial charge is 0.223 e. The Bertz CT molecular complexity index is 563. The Hall–Kier alpha value is -1.39. The number of hydrogen-bond donors (Lipinski definition) is 0. The average Bonchev–Trinajstić information content (AvgIpc) is 3.06. The SMILES string of the molecule is CO[C@H]1[C@H]2CC[C@H]1OCCN2C(=O)CC1Cc2ccccc2C1. The Balaban J connectivity index is 1.43. The lowest BCUT2D eigenvalue weighted by atomic mass is 10.0. The molecular weight excluding hydrogens is 290 g/mol. The van der Waals surface area contributed by atoms with Gasteiger partial charge in [0.25, 0.3) is 0 Å². The third kappa shape index (κ3) is 2.79. The van der Waals surface area contributed by atoms with Gasteiger partial charge in [-0.15, -0.1) is 0 Å². The minimum atomic E-state index is 0.0437. The molecule has 0 unspecified atom stereocenters. The molecule has 0 spiro atoms. The highest BCUT2D eigenvalue weighted by Crippen LogP contribution is 2.34. The number of benzene rings is 1. The first-order chi connectivity index (χ1) is 11.3. The summed E-state index contributed by atoms with van der Waals surface area (Å²) >= 11 is 0. The fourth-order valence-corrected chi connectivity index (χ4v) is 4.67. The number of ether oxygens (including phenoxy) is 2. The Morgan fingerprint density at radius 2 is 2.00 bits per heavy atom. The maximum absolute atomic E-state index is 12.9. The van der Waals surface area contributed by atoms with Gasteiger partial charge >= 0.3 is 0 Å². The maximum Gasteiger partial charge on any atom is 0.223 e. The number of hydrogen-bond acceptors (Lipinski definition) is 3. The third-order valence-electron chi connectivity index (χ3n) is 5.75. The van der Waals surface area contributed by atoms with Crippen LogP contribution in [0.25, 0.3) is 0 Å². The number of methoxy groups -OCH3 is 1. The van der Waals surface area contributed by atoms with E-state index in [2.05, 4.69) is 24.3 Å². The van der Waals surface area contributed by atoms with Crippen molar-refractivity contribution >= 4 is 5.91 Å². The minimum absolute atomic E-state index is 0.0437. The molecule has 4 rings (SSSR count). The van der Waals surface area contributed by atoms with Crippen LogP contribution in [0.5, 0.6) is 0 Å². The zero-order valence-corrected chi connectivity index (χ0v) is 13.7. The highest BCUT2D eigenvalue weighted by molar-refractivity contribution is 5.77. The molecule has 4 heteroatoms. The number of fused-ring (bicyclic) bond motifs is 3. The summed E-state index contributed by atoms with van der Waals surface area (Å²) in [6.07, 6.45) is 4.93. The average molecular weight is 315 g/mol. The predicted octanol–water partition coefficient (Wildman–Crippen LogP) is 2.20. The van der Waals surface area contributed by atoms with Gasteiger partial charge in [-0.25, -0.2) is 0 Å². The molecule has 1 heterocycles. The minimum Gasteiger partial charge on any atom is -0.377 e. The van der Waals surface area contributed by atoms with Crippen molar-refractivity contribution in [2.45, 2.75) is 50.4 Å². The lowest BCUT2D eigenvalue weighted by Gasteiger charge is -2.31. The number of amides is 1. The largest absolute Gasteiger partial charge is 0.377 e. The predicted molar refractivity (Wildman–Crippen MR) is 87.2 cm³/mol. The molecule has 2 fully saturated rings. The molecule has 1 saturated heterocycles. The van der Waals surface area contributed by atoms with Crippen LogP contribution in [0.2, 0.25) is 0 Å². The van der Waals surface area contributed by atoms with E-state index < -0.39 is 0 Å². The van der Waals surface area contributed by atoms with E-state index in [0.29, 0.717) is 25.5 Å². The summed E-state index contributed by atoms with van der Waals surface area (Å²) in [7, 11) is 1.74. The summed E-state index contributed by atoms with van der Waals surface area (Å²) in [5.41, 5.74) is 2.83. The van der Waals surface area contributed by atoms with Gasteiger partial charge in [-0.1, -0.05) is 24.3 Å². The number of nitrogens with zero attached hydrogens (tertiary/aromatic N) is 1. The number of rotatable bonds is 3. The van der Waals surface area contributed by atoms with E-state index in [1.54, 1.807) is 7.11 Å². The summed E-state index contributed by atoms with van der Waals surface area (Å²) in [5, 5.41) is 0. The standard InChI is InChI=1S/C19H25NO3/c1-22-19-16-6-7-17(19)23-9-8-20(16)18(21)12-13-10-14-4-2-3-5-15(14)11-13/h2-5,13,16-17,19H,6-12H2,1H3/t16-,17-,19+/m1/s1. The van der Waals surface area contributed by atoms with E-state index in [0.717, 1.165) is 25.7 Å². The highest BCUT2D eigenvalue weighted by atomic mass is 16.5. The van der Waals surface area contributed by atoms with Crippen LogP contribution < -0.4 is 0 Å². The molecule has 23 heavy (non-hydrogen) atoms. The summed E-state index contributed by atoms with van der Waals surface area (Å²) in [6.45, 7) is 1.34. The van der Waals surface area contributed by atoms with Crippen molar-refractivity contribution in [3.8, 4) is 0 Å². The first kappa shape index (κ1) is 15.2. The molecule has 2 bridgehead atoms. The van der Waals surface area contributed by atoms with Gasteiger partial charge in [0.2, 0.25) is 5.91 Å². The normalized spacial score (nSPS) is 30.3. The zero-order chi connectivity index (χ0) is 15.8. The van der Waals surface area contributed by atoms with Crippen LogP contribution in [0.3, 0.4) is 0 Å². The molecule has 0 N–H and O–H groups in total. The molecule has 1 amide bonds. The fourth-order valence-electron chi connectivity index (χ4n) is 4.67. The molecule has 3 aliphatic rings. The van der Waals surface area contributed by atoms with E-state index >= 15 is 0 Å². The molecule has 3 atom stereocenters. The van der Waals surface area contributed by atoms with Gasteiger partial charge < -0.3 is 14.4 Å². The topological polar surface area (TPSA) is 38.8 Å². The van der Waals surface area contributed by atoms with Gasteiger partial charge in [0.05, 0.1) is 18.8 Å². The quantitative estimate of drug-likeness (QED) is 0.858. The monoisotopic (exact) mass is 315 g/mol. The molecular formula is C19H25NO3. The summed E-state index contributed by atoms with van der Waals surface area (Å²) in [4.78, 5) is 15.0. The second kappa shape index (κ2) is 6.25. The van der Waals surface area contributed by atoms with E-state index in [4.69, 9.17) is 9.47 Å². The van der Waals surface area contributed by atoms with Crippen LogP contribution in [0, 0.1) is 5.92 Å². The van der Waals surface area contributed by atoms with Gasteiger partial charge in [-0.3, -0.25) is 4.79 Å². The Labute approximate surface area is 137 Å². The lowest BCUT2D eigenvalue weighted by Crippen LogP contribution is -2.46. The van der Waals surface area contributed by atoms with Crippen molar-refractivity contribution in [1.29, 1.82) is 0 Å². The van der Waals surface area contributed by atoms with Crippen LogP contribution in [0.1, 0.15) is 30.4 Å². The van der Waals surface area contributed by atoms with Crippen LogP contribution in [0.4, 0.5) is 0 Å². The number of carbonyl (C=O) groups is 1. The van der Waals surface area contributed by atoms with Gasteiger partial charge in [-0.2, -0.15) is 0 Å². The van der Waals surface area contributed by atoms with Gasteiger partial charge in [0, 0.05) is 20.1 Å². The summed E-state index contributed by atoms with van der Waals surface area (Å²) in [5.74, 6) is 0.725. The van der Waals surface area contributed by atoms with Crippen molar-refractivity contribution in [3.05, 3.63) is 35.4 Å². The molecule has 124 valence electrons. The summed E-state index contributed by atoms with van der Waals surface area (Å²) in [6, 6.07) is 8.78. The third-order valence-corrected chi connectivity index (χ3v) is 5.75. The first-order valence-corrected chi connectivity index (χ1v) is 8.77. The van der Waals surface area contributed by atoms with Crippen molar-refractivity contribution in [3.63, 3.8) is 0 Å². The van der Waals surface area contributed by atoms with Gasteiger partial charge in [0.1, 0.15) is 6.10 Å². The molecule has 0 aromatic heterocycles. The number of carbonyl (C=O) groups excluding carboxylic acids is 1. The zero-order valence-electron chi connectivity index (χ0n) is 13.7. The van der Waals surface area contributed by atoms with Crippen molar-refractivity contribution < 1.29 is 14.3 Å². The lowest BCUT2D eigenvalue weighted by molar-refractivity contribution is -0.136. The van der Waals surface area contributed by atoms with Crippen LogP contribution in [-0.4, -0.2) is 49.3 Å². The molecule has 1 aromatic rings. The van der Waals surface area contributed by atoms with Gasteiger partial charge in [-0.05, 0) is 42.7 Å². The fraction of sp³-hybridized carbons (Fsp3) is 0.632. The Kier molecular flexibility index (Phi) is 4.12. The van der Waals surface area contributed by atoms with E-state index in [9.17, 15) is 4.79 Å². The second-order valence-electron chi connectivity index (χ2n) is 7.09.